The molecule has 3 rings (SSSR count). The number of hydrogen-bond donors (Lipinski definition) is 1. The van der Waals surface area contributed by atoms with Crippen LogP contribution in [-0.4, -0.2) is 46.5 Å². The summed E-state index contributed by atoms with van der Waals surface area (Å²) in [6.45, 7) is 6.04. The highest BCUT2D eigenvalue weighted by molar-refractivity contribution is 7.91. The van der Waals surface area contributed by atoms with Gasteiger partial charge in [-0.2, -0.15) is 0 Å². The van der Waals surface area contributed by atoms with Crippen LogP contribution in [0.25, 0.3) is 0 Å². The van der Waals surface area contributed by atoms with Gasteiger partial charge >= 0.3 is 0 Å². The molecule has 2 aromatic rings. The highest BCUT2D eigenvalue weighted by Crippen LogP contribution is 2.20. The number of hydrogen-bond acceptors (Lipinski definition) is 4. The minimum atomic E-state index is -3.42. The zero-order valence-electron chi connectivity index (χ0n) is 14.8. The Morgan fingerprint density at radius 2 is 1.68 bits per heavy atom. The molecule has 0 spiro atoms. The maximum absolute atomic E-state index is 12.4. The summed E-state index contributed by atoms with van der Waals surface area (Å²) in [5.74, 6) is -0.0190. The van der Waals surface area contributed by atoms with Crippen molar-refractivity contribution < 1.29 is 8.42 Å². The summed E-state index contributed by atoms with van der Waals surface area (Å²) in [4.78, 5) is 4.63. The number of rotatable bonds is 5. The summed E-state index contributed by atoms with van der Waals surface area (Å²) in [5.41, 5.74) is 3.59. The predicted octanol–water partition coefficient (Wildman–Crippen LogP) is 2.69. The van der Waals surface area contributed by atoms with Gasteiger partial charge in [0.1, 0.15) is 0 Å². The maximum atomic E-state index is 12.4. The Hall–Kier alpha value is -2.05. The maximum Gasteiger partial charge on any atom is 0.236 e. The molecule has 1 saturated heterocycles. The molecule has 0 amide bonds. The zero-order chi connectivity index (χ0) is 17.9. The SMILES string of the molecule is Cc1cccc(CS(=O)(=O)Nc2ccc(N3CCN(C)CC3)cc2)c1. The van der Waals surface area contributed by atoms with E-state index < -0.39 is 10.0 Å². The predicted molar refractivity (Wildman–Crippen MR) is 104 cm³/mol. The van der Waals surface area contributed by atoms with Crippen molar-refractivity contribution in [3.05, 3.63) is 59.7 Å². The lowest BCUT2D eigenvalue weighted by molar-refractivity contribution is 0.313. The summed E-state index contributed by atoms with van der Waals surface area (Å²) in [6, 6.07) is 15.2. The van der Waals surface area contributed by atoms with E-state index in [0.717, 1.165) is 43.0 Å². The summed E-state index contributed by atoms with van der Waals surface area (Å²) >= 11 is 0. The minimum Gasteiger partial charge on any atom is -0.369 e. The molecule has 5 nitrogen and oxygen atoms in total. The first-order valence-electron chi connectivity index (χ1n) is 8.51. The molecular formula is C19H25N3O2S. The Kier molecular flexibility index (Phi) is 5.30. The van der Waals surface area contributed by atoms with Crippen molar-refractivity contribution >= 4 is 21.4 Å². The molecule has 1 fully saturated rings. The van der Waals surface area contributed by atoms with Crippen LogP contribution in [0, 0.1) is 6.92 Å². The van der Waals surface area contributed by atoms with Gasteiger partial charge in [-0.1, -0.05) is 29.8 Å². The number of nitrogens with one attached hydrogen (secondary N) is 1. The molecule has 0 atom stereocenters. The molecule has 0 unspecified atom stereocenters. The summed E-state index contributed by atoms with van der Waals surface area (Å²) in [7, 11) is -1.29. The molecule has 1 aliphatic rings. The van der Waals surface area contributed by atoms with E-state index in [1.165, 1.54) is 0 Å². The fourth-order valence-electron chi connectivity index (χ4n) is 3.04. The third-order valence-electron chi connectivity index (χ3n) is 4.45. The van der Waals surface area contributed by atoms with Crippen LogP contribution >= 0.6 is 0 Å². The number of benzene rings is 2. The lowest BCUT2D eigenvalue weighted by atomic mass is 10.2. The van der Waals surface area contributed by atoms with Gasteiger partial charge < -0.3 is 9.80 Å². The van der Waals surface area contributed by atoms with E-state index in [-0.39, 0.29) is 5.75 Å². The van der Waals surface area contributed by atoms with Crippen molar-refractivity contribution in [2.45, 2.75) is 12.7 Å². The van der Waals surface area contributed by atoms with Gasteiger partial charge in [-0.3, -0.25) is 4.72 Å². The highest BCUT2D eigenvalue weighted by atomic mass is 32.2. The van der Waals surface area contributed by atoms with Crippen molar-refractivity contribution in [3.63, 3.8) is 0 Å². The lowest BCUT2D eigenvalue weighted by Gasteiger charge is -2.34. The number of sulfonamides is 1. The average Bonchev–Trinajstić information content (AvgIpc) is 2.55. The number of aryl methyl sites for hydroxylation is 1. The molecule has 2 aromatic carbocycles. The topological polar surface area (TPSA) is 52.7 Å². The molecule has 0 saturated carbocycles. The highest BCUT2D eigenvalue weighted by Gasteiger charge is 2.15. The number of nitrogens with zero attached hydrogens (tertiary/aromatic N) is 2. The summed E-state index contributed by atoms with van der Waals surface area (Å²) < 4.78 is 27.4. The number of piperazine rings is 1. The second-order valence-electron chi connectivity index (χ2n) is 6.69. The van der Waals surface area contributed by atoms with Gasteiger partial charge in [0.25, 0.3) is 0 Å². The normalized spacial score (nSPS) is 16.0. The molecule has 1 heterocycles. The summed E-state index contributed by atoms with van der Waals surface area (Å²) in [6.07, 6.45) is 0. The Labute approximate surface area is 150 Å². The van der Waals surface area contributed by atoms with Crippen LogP contribution in [0.5, 0.6) is 0 Å². The largest absolute Gasteiger partial charge is 0.369 e. The van der Waals surface area contributed by atoms with Crippen LogP contribution in [-0.2, 0) is 15.8 Å². The first kappa shape index (κ1) is 17.8. The van der Waals surface area contributed by atoms with Crippen LogP contribution in [0.2, 0.25) is 0 Å². The van der Waals surface area contributed by atoms with E-state index in [4.69, 9.17) is 0 Å². The van der Waals surface area contributed by atoms with Crippen LogP contribution in [0.3, 0.4) is 0 Å². The Morgan fingerprint density at radius 3 is 2.32 bits per heavy atom. The molecule has 0 aliphatic carbocycles. The van der Waals surface area contributed by atoms with E-state index >= 15 is 0 Å². The van der Waals surface area contributed by atoms with Crippen molar-refractivity contribution in [1.82, 2.24) is 4.90 Å². The summed E-state index contributed by atoms with van der Waals surface area (Å²) in [5, 5.41) is 0. The first-order chi connectivity index (χ1) is 11.9. The number of anilines is 2. The molecule has 0 aromatic heterocycles. The molecular weight excluding hydrogens is 334 g/mol. The van der Waals surface area contributed by atoms with E-state index in [1.807, 2.05) is 55.5 Å². The van der Waals surface area contributed by atoms with E-state index in [0.29, 0.717) is 5.69 Å². The van der Waals surface area contributed by atoms with Crippen LogP contribution in [0.15, 0.2) is 48.5 Å². The van der Waals surface area contributed by atoms with Crippen LogP contribution in [0.4, 0.5) is 11.4 Å². The van der Waals surface area contributed by atoms with Gasteiger partial charge in [-0.05, 0) is 43.8 Å². The van der Waals surface area contributed by atoms with Crippen molar-refractivity contribution in [1.29, 1.82) is 0 Å². The van der Waals surface area contributed by atoms with Crippen LogP contribution in [0.1, 0.15) is 11.1 Å². The fraction of sp³-hybridized carbons (Fsp3) is 0.368. The van der Waals surface area contributed by atoms with Gasteiger partial charge in [0.15, 0.2) is 0 Å². The van der Waals surface area contributed by atoms with Gasteiger partial charge in [0, 0.05) is 37.6 Å². The van der Waals surface area contributed by atoms with E-state index in [9.17, 15) is 8.42 Å². The van der Waals surface area contributed by atoms with Crippen LogP contribution < -0.4 is 9.62 Å². The quantitative estimate of drug-likeness (QED) is 0.892. The van der Waals surface area contributed by atoms with Gasteiger partial charge in [-0.25, -0.2) is 8.42 Å². The third-order valence-corrected chi connectivity index (χ3v) is 5.71. The lowest BCUT2D eigenvalue weighted by Crippen LogP contribution is -2.44. The minimum absolute atomic E-state index is 0.0190. The second kappa shape index (κ2) is 7.45. The zero-order valence-corrected chi connectivity index (χ0v) is 15.6. The van der Waals surface area contributed by atoms with Crippen molar-refractivity contribution in [3.8, 4) is 0 Å². The molecule has 134 valence electrons. The van der Waals surface area contributed by atoms with Gasteiger partial charge in [-0.15, -0.1) is 0 Å². The Balaban J connectivity index is 1.64. The Morgan fingerprint density at radius 1 is 1.00 bits per heavy atom. The molecule has 0 radical (unpaired) electrons. The first-order valence-corrected chi connectivity index (χ1v) is 10.2. The molecule has 0 bridgehead atoms. The smallest absolute Gasteiger partial charge is 0.236 e. The van der Waals surface area contributed by atoms with E-state index in [1.54, 1.807) is 0 Å². The fourth-order valence-corrected chi connectivity index (χ4v) is 4.23. The molecule has 1 N–H and O–H groups in total. The van der Waals surface area contributed by atoms with Crippen molar-refractivity contribution in [2.75, 3.05) is 42.8 Å². The average molecular weight is 359 g/mol. The van der Waals surface area contributed by atoms with Crippen molar-refractivity contribution in [2.24, 2.45) is 0 Å². The van der Waals surface area contributed by atoms with E-state index in [2.05, 4.69) is 21.6 Å². The second-order valence-corrected chi connectivity index (χ2v) is 8.41. The van der Waals surface area contributed by atoms with Gasteiger partial charge in [0.2, 0.25) is 10.0 Å². The number of likely N-dealkylation sites (N-methyl/N-ethyl adjacent to an activating group) is 1. The standard InChI is InChI=1S/C19H25N3O2S/c1-16-4-3-5-17(14-16)15-25(23,24)20-18-6-8-19(9-7-18)22-12-10-21(2)11-13-22/h3-9,14,20H,10-13,15H2,1-2H3. The molecule has 1 aliphatic heterocycles. The van der Waals surface area contributed by atoms with Gasteiger partial charge in [0.05, 0.1) is 5.75 Å². The third kappa shape index (κ3) is 4.96. The Bertz CT molecular complexity index is 811. The molecule has 6 heteroatoms. The monoisotopic (exact) mass is 359 g/mol. The molecule has 25 heavy (non-hydrogen) atoms.